The van der Waals surface area contributed by atoms with E-state index >= 15 is 0 Å². The third-order valence-electron chi connectivity index (χ3n) is 3.11. The van der Waals surface area contributed by atoms with Crippen LogP contribution in [0.2, 0.25) is 0 Å². The molecule has 0 radical (unpaired) electrons. The molecule has 17 heavy (non-hydrogen) atoms. The Balaban J connectivity index is 1.99. The molecule has 1 saturated heterocycles. The summed E-state index contributed by atoms with van der Waals surface area (Å²) in [6.45, 7) is 8.84. The molecule has 1 aromatic heterocycles. The number of piperazine rings is 1. The predicted molar refractivity (Wildman–Crippen MR) is 65.7 cm³/mol. The maximum absolute atomic E-state index is 12.1. The van der Waals surface area contributed by atoms with Gasteiger partial charge in [-0.3, -0.25) is 9.48 Å². The van der Waals surface area contributed by atoms with Gasteiger partial charge in [0, 0.05) is 31.4 Å². The largest absolute Gasteiger partial charge is 0.338 e. The fraction of sp³-hybridized carbons (Fsp3) is 0.667. The van der Waals surface area contributed by atoms with Gasteiger partial charge in [0.05, 0.1) is 5.69 Å². The predicted octanol–water partition coefficient (Wildman–Crippen LogP) is 0.320. The average molecular weight is 236 g/mol. The molecule has 2 rings (SSSR count). The van der Waals surface area contributed by atoms with Gasteiger partial charge >= 0.3 is 0 Å². The Labute approximate surface area is 102 Å². The second-order valence-electron chi connectivity index (χ2n) is 4.78. The summed E-state index contributed by atoms with van der Waals surface area (Å²) < 4.78 is 1.78. The topological polar surface area (TPSA) is 50.2 Å². The van der Waals surface area contributed by atoms with Crippen molar-refractivity contribution in [3.05, 3.63) is 17.5 Å². The molecule has 1 atom stereocenters. The van der Waals surface area contributed by atoms with Crippen LogP contribution in [0, 0.1) is 13.8 Å². The number of rotatable bonds is 2. The van der Waals surface area contributed by atoms with E-state index in [2.05, 4.69) is 17.3 Å². The second-order valence-corrected chi connectivity index (χ2v) is 4.78. The van der Waals surface area contributed by atoms with Crippen LogP contribution in [0.3, 0.4) is 0 Å². The number of amides is 1. The standard InChI is InChI=1S/C12H20N4O/c1-9-6-11(3)16(14-9)8-12(17)15-5-4-13-10(2)7-15/h6,10,13H,4-5,7-8H2,1-3H3/t10-/m0/s1. The molecule has 0 aliphatic carbocycles. The Bertz CT molecular complexity index is 413. The molecule has 5 nitrogen and oxygen atoms in total. The van der Waals surface area contributed by atoms with E-state index in [0.29, 0.717) is 12.6 Å². The molecule has 1 aromatic rings. The van der Waals surface area contributed by atoms with Crippen LogP contribution >= 0.6 is 0 Å². The monoisotopic (exact) mass is 236 g/mol. The Morgan fingerprint density at radius 1 is 1.59 bits per heavy atom. The summed E-state index contributed by atoms with van der Waals surface area (Å²) in [5.41, 5.74) is 2.00. The van der Waals surface area contributed by atoms with Crippen molar-refractivity contribution in [2.45, 2.75) is 33.4 Å². The molecule has 0 unspecified atom stereocenters. The van der Waals surface area contributed by atoms with Crippen molar-refractivity contribution in [3.8, 4) is 0 Å². The number of carbonyl (C=O) groups is 1. The second kappa shape index (κ2) is 4.87. The van der Waals surface area contributed by atoms with Crippen LogP contribution in [0.4, 0.5) is 0 Å². The summed E-state index contributed by atoms with van der Waals surface area (Å²) in [5.74, 6) is 0.157. The molecule has 94 valence electrons. The summed E-state index contributed by atoms with van der Waals surface area (Å²) >= 11 is 0. The van der Waals surface area contributed by atoms with Crippen molar-refractivity contribution in [3.63, 3.8) is 0 Å². The van der Waals surface area contributed by atoms with Crippen molar-refractivity contribution in [1.29, 1.82) is 0 Å². The summed E-state index contributed by atoms with van der Waals surface area (Å²) in [6.07, 6.45) is 0. The smallest absolute Gasteiger partial charge is 0.244 e. The Morgan fingerprint density at radius 2 is 2.35 bits per heavy atom. The van der Waals surface area contributed by atoms with Gasteiger partial charge in [0.1, 0.15) is 6.54 Å². The Morgan fingerprint density at radius 3 is 2.94 bits per heavy atom. The van der Waals surface area contributed by atoms with E-state index in [1.807, 2.05) is 24.8 Å². The van der Waals surface area contributed by atoms with Crippen LogP contribution in [-0.2, 0) is 11.3 Å². The molecule has 1 amide bonds. The molecule has 0 aromatic carbocycles. The van der Waals surface area contributed by atoms with Crippen LogP contribution in [0.15, 0.2) is 6.07 Å². The molecule has 2 heterocycles. The molecule has 1 fully saturated rings. The molecule has 0 saturated carbocycles. The number of hydrogen-bond donors (Lipinski definition) is 1. The van der Waals surface area contributed by atoms with Crippen molar-refractivity contribution >= 4 is 5.91 Å². The number of nitrogens with one attached hydrogen (secondary N) is 1. The summed E-state index contributed by atoms with van der Waals surface area (Å²) in [6, 6.07) is 2.38. The van der Waals surface area contributed by atoms with Gasteiger partial charge in [-0.25, -0.2) is 0 Å². The lowest BCUT2D eigenvalue weighted by Crippen LogP contribution is -2.52. The van der Waals surface area contributed by atoms with Gasteiger partial charge in [0.15, 0.2) is 0 Å². The fourth-order valence-electron chi connectivity index (χ4n) is 2.22. The zero-order chi connectivity index (χ0) is 12.4. The number of hydrogen-bond acceptors (Lipinski definition) is 3. The lowest BCUT2D eigenvalue weighted by molar-refractivity contribution is -0.133. The van der Waals surface area contributed by atoms with Crippen molar-refractivity contribution in [2.24, 2.45) is 0 Å². The van der Waals surface area contributed by atoms with Gasteiger partial charge in [-0.15, -0.1) is 0 Å². The van der Waals surface area contributed by atoms with E-state index in [0.717, 1.165) is 31.0 Å². The maximum atomic E-state index is 12.1. The minimum Gasteiger partial charge on any atom is -0.338 e. The highest BCUT2D eigenvalue weighted by Gasteiger charge is 2.21. The minimum atomic E-state index is 0.157. The van der Waals surface area contributed by atoms with Gasteiger partial charge in [-0.2, -0.15) is 5.10 Å². The first kappa shape index (κ1) is 12.1. The highest BCUT2D eigenvalue weighted by Crippen LogP contribution is 2.05. The van der Waals surface area contributed by atoms with Crippen LogP contribution in [-0.4, -0.2) is 46.3 Å². The van der Waals surface area contributed by atoms with E-state index in [1.54, 1.807) is 4.68 Å². The quantitative estimate of drug-likeness (QED) is 0.804. The number of aromatic nitrogens is 2. The first-order valence-corrected chi connectivity index (χ1v) is 6.08. The lowest BCUT2D eigenvalue weighted by atomic mass is 10.2. The van der Waals surface area contributed by atoms with Crippen LogP contribution in [0.1, 0.15) is 18.3 Å². The highest BCUT2D eigenvalue weighted by molar-refractivity contribution is 5.76. The first-order valence-electron chi connectivity index (χ1n) is 6.08. The minimum absolute atomic E-state index is 0.157. The lowest BCUT2D eigenvalue weighted by Gasteiger charge is -2.32. The van der Waals surface area contributed by atoms with E-state index in [-0.39, 0.29) is 5.91 Å². The van der Waals surface area contributed by atoms with Crippen LogP contribution in [0.5, 0.6) is 0 Å². The third-order valence-corrected chi connectivity index (χ3v) is 3.11. The van der Waals surface area contributed by atoms with Crippen molar-refractivity contribution in [1.82, 2.24) is 20.0 Å². The molecule has 1 aliphatic heterocycles. The number of carbonyl (C=O) groups excluding carboxylic acids is 1. The van der Waals surface area contributed by atoms with E-state index < -0.39 is 0 Å². The van der Waals surface area contributed by atoms with Gasteiger partial charge in [-0.05, 0) is 26.8 Å². The fourth-order valence-corrected chi connectivity index (χ4v) is 2.22. The summed E-state index contributed by atoms with van der Waals surface area (Å²) in [4.78, 5) is 14.0. The third kappa shape index (κ3) is 2.85. The normalized spacial score (nSPS) is 20.6. The van der Waals surface area contributed by atoms with E-state index in [4.69, 9.17) is 0 Å². The summed E-state index contributed by atoms with van der Waals surface area (Å²) in [5, 5.41) is 7.65. The van der Waals surface area contributed by atoms with Gasteiger partial charge in [0.25, 0.3) is 0 Å². The highest BCUT2D eigenvalue weighted by atomic mass is 16.2. The van der Waals surface area contributed by atoms with Crippen LogP contribution < -0.4 is 5.32 Å². The molecule has 0 spiro atoms. The van der Waals surface area contributed by atoms with Crippen molar-refractivity contribution < 1.29 is 4.79 Å². The zero-order valence-corrected chi connectivity index (χ0v) is 10.7. The van der Waals surface area contributed by atoms with Gasteiger partial charge in [-0.1, -0.05) is 0 Å². The van der Waals surface area contributed by atoms with Gasteiger partial charge in [0.2, 0.25) is 5.91 Å². The maximum Gasteiger partial charge on any atom is 0.244 e. The van der Waals surface area contributed by atoms with Gasteiger partial charge < -0.3 is 10.2 Å². The van der Waals surface area contributed by atoms with Crippen molar-refractivity contribution in [2.75, 3.05) is 19.6 Å². The molecular weight excluding hydrogens is 216 g/mol. The molecule has 1 N–H and O–H groups in total. The SMILES string of the molecule is Cc1cc(C)n(CC(=O)N2CCN[C@@H](C)C2)n1. The molecular formula is C12H20N4O. The molecule has 5 heteroatoms. The number of aryl methyl sites for hydroxylation is 2. The molecule has 1 aliphatic rings. The Kier molecular flexibility index (Phi) is 3.47. The first-order chi connectivity index (χ1) is 8.06. The average Bonchev–Trinajstić information content (AvgIpc) is 2.57. The van der Waals surface area contributed by atoms with Crippen LogP contribution in [0.25, 0.3) is 0 Å². The van der Waals surface area contributed by atoms with E-state index in [1.165, 1.54) is 0 Å². The van der Waals surface area contributed by atoms with E-state index in [9.17, 15) is 4.79 Å². The molecule has 0 bridgehead atoms. The Hall–Kier alpha value is -1.36. The summed E-state index contributed by atoms with van der Waals surface area (Å²) in [7, 11) is 0. The number of nitrogens with zero attached hydrogens (tertiary/aromatic N) is 3. The zero-order valence-electron chi connectivity index (χ0n) is 10.7.